The lowest BCUT2D eigenvalue weighted by Gasteiger charge is -2.29. The summed E-state index contributed by atoms with van der Waals surface area (Å²) < 4.78 is 6.57. The maximum absolute atomic E-state index is 6.57. The fraction of sp³-hybridized carbons (Fsp3) is 0.250. The topological polar surface area (TPSA) is 16.4 Å². The second-order valence-corrected chi connectivity index (χ2v) is 19.9. The summed E-state index contributed by atoms with van der Waals surface area (Å²) in [6, 6.07) is 52.6. The predicted octanol–water partition coefficient (Wildman–Crippen LogP) is 15.9. The molecule has 58 heavy (non-hydrogen) atoms. The van der Waals surface area contributed by atoms with Gasteiger partial charge in [0.1, 0.15) is 11.2 Å². The van der Waals surface area contributed by atoms with Crippen molar-refractivity contribution in [2.45, 2.75) is 90.9 Å². The Morgan fingerprint density at radius 3 is 1.34 bits per heavy atom. The molecule has 2 aliphatic rings. The molecule has 0 bridgehead atoms. The van der Waals surface area contributed by atoms with Gasteiger partial charge in [-0.3, -0.25) is 0 Å². The van der Waals surface area contributed by atoms with Gasteiger partial charge in [-0.1, -0.05) is 154 Å². The number of anilines is 3. The van der Waals surface area contributed by atoms with Crippen LogP contribution in [0.3, 0.4) is 0 Å². The van der Waals surface area contributed by atoms with E-state index in [1.54, 1.807) is 0 Å². The van der Waals surface area contributed by atoms with Gasteiger partial charge in [0, 0.05) is 38.7 Å². The maximum atomic E-state index is 6.57. The van der Waals surface area contributed by atoms with Crippen LogP contribution in [0, 0.1) is 0 Å². The van der Waals surface area contributed by atoms with E-state index in [4.69, 9.17) is 4.42 Å². The van der Waals surface area contributed by atoms with Crippen LogP contribution in [-0.2, 0) is 21.7 Å². The standard InChI is InChI=1S/C56H53NO/c1-53(2,3)36-27-35(28-37(30-36)54(4,5)6)34-19-25-51-45(29-34)46-31-38(22-26-52(46)58-51)57(39-20-23-43-41-15-11-13-17-47(41)55(7,8)49(43)32-39)40-21-24-44-42-16-12-14-18-48(42)56(9,10)50(44)33-40/h11-33H,1-10H3. The quantitative estimate of drug-likeness (QED) is 0.178. The molecule has 0 radical (unpaired) electrons. The van der Waals surface area contributed by atoms with Crippen molar-refractivity contribution >= 4 is 39.0 Å². The molecule has 2 aliphatic carbocycles. The molecule has 288 valence electrons. The monoisotopic (exact) mass is 755 g/mol. The van der Waals surface area contributed by atoms with Crippen LogP contribution in [0.2, 0.25) is 0 Å². The molecule has 2 heteroatoms. The SMILES string of the molecule is CC(C)(C)c1cc(-c2ccc3oc4ccc(N(c5ccc6c(c5)C(C)(C)c5ccccc5-6)c5ccc6c(c5)C(C)(C)c5ccccc5-6)cc4c3c2)cc(C(C)(C)C)c1. The summed E-state index contributed by atoms with van der Waals surface area (Å²) in [4.78, 5) is 2.46. The normalized spacial score (nSPS) is 15.0. The lowest BCUT2D eigenvalue weighted by molar-refractivity contribution is 0.569. The number of hydrogen-bond donors (Lipinski definition) is 0. The van der Waals surface area contributed by atoms with Crippen LogP contribution in [0.25, 0.3) is 55.3 Å². The van der Waals surface area contributed by atoms with Gasteiger partial charge in [0.05, 0.1) is 0 Å². The van der Waals surface area contributed by atoms with Crippen molar-refractivity contribution in [3.8, 4) is 33.4 Å². The first kappa shape index (κ1) is 36.5. The van der Waals surface area contributed by atoms with Crippen molar-refractivity contribution < 1.29 is 4.42 Å². The van der Waals surface area contributed by atoms with E-state index < -0.39 is 0 Å². The van der Waals surface area contributed by atoms with E-state index in [0.717, 1.165) is 39.0 Å². The highest BCUT2D eigenvalue weighted by Crippen LogP contribution is 2.53. The van der Waals surface area contributed by atoms with Crippen LogP contribution in [0.1, 0.15) is 103 Å². The summed E-state index contributed by atoms with van der Waals surface area (Å²) in [6.45, 7) is 23.3. The van der Waals surface area contributed by atoms with Gasteiger partial charge in [0.2, 0.25) is 0 Å². The molecular weight excluding hydrogens is 703 g/mol. The molecule has 0 atom stereocenters. The highest BCUT2D eigenvalue weighted by Gasteiger charge is 2.38. The summed E-state index contributed by atoms with van der Waals surface area (Å²) in [5.41, 5.74) is 21.0. The molecule has 0 N–H and O–H groups in total. The van der Waals surface area contributed by atoms with Gasteiger partial charge in [-0.25, -0.2) is 0 Å². The molecule has 0 spiro atoms. The van der Waals surface area contributed by atoms with E-state index in [1.165, 1.54) is 66.8 Å². The zero-order chi connectivity index (χ0) is 40.5. The fourth-order valence-electron chi connectivity index (χ4n) is 9.85. The number of fused-ring (bicyclic) bond motifs is 9. The molecule has 0 saturated heterocycles. The lowest BCUT2D eigenvalue weighted by atomic mass is 9.79. The van der Waals surface area contributed by atoms with Gasteiger partial charge in [0.15, 0.2) is 0 Å². The van der Waals surface area contributed by atoms with Crippen LogP contribution in [0.4, 0.5) is 17.1 Å². The molecule has 0 saturated carbocycles. The van der Waals surface area contributed by atoms with Crippen LogP contribution in [0.5, 0.6) is 0 Å². The van der Waals surface area contributed by atoms with Crippen molar-refractivity contribution in [2.75, 3.05) is 4.90 Å². The Hall–Kier alpha value is -5.86. The molecule has 0 amide bonds. The van der Waals surface area contributed by atoms with Crippen molar-refractivity contribution in [3.63, 3.8) is 0 Å². The van der Waals surface area contributed by atoms with E-state index >= 15 is 0 Å². The fourth-order valence-corrected chi connectivity index (χ4v) is 9.85. The maximum Gasteiger partial charge on any atom is 0.135 e. The van der Waals surface area contributed by atoms with Gasteiger partial charge >= 0.3 is 0 Å². The number of nitrogens with zero attached hydrogens (tertiary/aromatic N) is 1. The van der Waals surface area contributed by atoms with Crippen LogP contribution in [-0.4, -0.2) is 0 Å². The minimum atomic E-state index is -0.118. The van der Waals surface area contributed by atoms with Gasteiger partial charge < -0.3 is 9.32 Å². The third kappa shape index (κ3) is 5.52. The van der Waals surface area contributed by atoms with E-state index in [9.17, 15) is 0 Å². The third-order valence-electron chi connectivity index (χ3n) is 13.4. The number of hydrogen-bond acceptors (Lipinski definition) is 2. The highest BCUT2D eigenvalue weighted by atomic mass is 16.3. The number of rotatable bonds is 4. The molecule has 0 fully saturated rings. The summed E-state index contributed by atoms with van der Waals surface area (Å²) in [5.74, 6) is 0. The highest BCUT2D eigenvalue weighted by molar-refractivity contribution is 6.08. The average Bonchev–Trinajstić information content (AvgIpc) is 3.76. The van der Waals surface area contributed by atoms with E-state index in [-0.39, 0.29) is 21.7 Å². The molecule has 2 nitrogen and oxygen atoms in total. The Kier molecular flexibility index (Phi) is 7.75. The Morgan fingerprint density at radius 1 is 0.397 bits per heavy atom. The Bertz CT molecular complexity index is 2840. The first-order valence-corrected chi connectivity index (χ1v) is 20.9. The third-order valence-corrected chi connectivity index (χ3v) is 13.4. The van der Waals surface area contributed by atoms with Gasteiger partial charge in [-0.05, 0) is 132 Å². The molecule has 8 aromatic rings. The van der Waals surface area contributed by atoms with E-state index in [2.05, 4.69) is 214 Å². The molecule has 7 aromatic carbocycles. The molecule has 0 aliphatic heterocycles. The first-order chi connectivity index (χ1) is 27.5. The van der Waals surface area contributed by atoms with Crippen molar-refractivity contribution in [1.29, 1.82) is 0 Å². The van der Waals surface area contributed by atoms with Crippen LogP contribution >= 0.6 is 0 Å². The Balaban J connectivity index is 1.16. The molecule has 10 rings (SSSR count). The Labute approximate surface area is 344 Å². The van der Waals surface area contributed by atoms with Gasteiger partial charge in [-0.2, -0.15) is 0 Å². The largest absolute Gasteiger partial charge is 0.456 e. The average molecular weight is 756 g/mol. The zero-order valence-electron chi connectivity index (χ0n) is 35.6. The van der Waals surface area contributed by atoms with Gasteiger partial charge in [0.25, 0.3) is 0 Å². The summed E-state index contributed by atoms with van der Waals surface area (Å²) >= 11 is 0. The summed E-state index contributed by atoms with van der Waals surface area (Å²) in [5, 5.41) is 2.24. The second kappa shape index (κ2) is 12.3. The molecule has 1 heterocycles. The van der Waals surface area contributed by atoms with Crippen LogP contribution in [0.15, 0.2) is 144 Å². The minimum absolute atomic E-state index is 0.0337. The lowest BCUT2D eigenvalue weighted by Crippen LogP contribution is -2.18. The Morgan fingerprint density at radius 2 is 0.828 bits per heavy atom. The van der Waals surface area contributed by atoms with Crippen molar-refractivity contribution in [3.05, 3.63) is 173 Å². The number of benzene rings is 7. The second-order valence-electron chi connectivity index (χ2n) is 19.9. The minimum Gasteiger partial charge on any atom is -0.456 e. The zero-order valence-corrected chi connectivity index (χ0v) is 35.6. The smallest absolute Gasteiger partial charge is 0.135 e. The van der Waals surface area contributed by atoms with Crippen LogP contribution < -0.4 is 4.90 Å². The number of furan rings is 1. The predicted molar refractivity (Wildman–Crippen MR) is 246 cm³/mol. The van der Waals surface area contributed by atoms with Gasteiger partial charge in [-0.15, -0.1) is 0 Å². The molecular formula is C56H53NO. The van der Waals surface area contributed by atoms with E-state index in [1.807, 2.05) is 0 Å². The summed E-state index contributed by atoms with van der Waals surface area (Å²) in [7, 11) is 0. The first-order valence-electron chi connectivity index (χ1n) is 20.9. The van der Waals surface area contributed by atoms with E-state index in [0.29, 0.717) is 0 Å². The molecule has 1 aromatic heterocycles. The van der Waals surface area contributed by atoms with Crippen molar-refractivity contribution in [1.82, 2.24) is 0 Å². The summed E-state index contributed by atoms with van der Waals surface area (Å²) in [6.07, 6.45) is 0. The van der Waals surface area contributed by atoms with Crippen molar-refractivity contribution in [2.24, 2.45) is 0 Å². The molecule has 0 unspecified atom stereocenters.